The zero-order chi connectivity index (χ0) is 14.5. The van der Waals surface area contributed by atoms with Crippen LogP contribution in [-0.2, 0) is 16.3 Å². The molecule has 3 rings (SSSR count). The molecule has 0 atom stereocenters. The molecule has 4 heteroatoms. The van der Waals surface area contributed by atoms with Crippen molar-refractivity contribution in [2.75, 3.05) is 7.11 Å². The fraction of sp³-hybridized carbons (Fsp3) is 0.250. The molecule has 0 fully saturated rings. The van der Waals surface area contributed by atoms with Crippen LogP contribution in [0.15, 0.2) is 40.1 Å². The minimum absolute atomic E-state index is 0.401. The van der Waals surface area contributed by atoms with Crippen LogP contribution in [0.5, 0.6) is 5.75 Å². The molecule has 0 unspecified atom stereocenters. The van der Waals surface area contributed by atoms with Crippen molar-refractivity contribution in [3.63, 3.8) is 0 Å². The quantitative estimate of drug-likeness (QED) is 0.691. The molecule has 0 spiro atoms. The molecule has 104 valence electrons. The van der Waals surface area contributed by atoms with Crippen LogP contribution in [0, 0.1) is 13.8 Å². The van der Waals surface area contributed by atoms with Crippen LogP contribution in [0.25, 0.3) is 0 Å². The third kappa shape index (κ3) is 1.83. The molecular weight excluding hydrogens is 272 g/mol. The van der Waals surface area contributed by atoms with E-state index in [2.05, 4.69) is 0 Å². The standard InChI is InChI=1S/C16H16O3S/c1-10-6-11(2)16-13(7-10)8-12-9-14(19-3)4-5-15(12)20(16,17)18/h4-7,9H,8H2,1-3H3. The van der Waals surface area contributed by atoms with Gasteiger partial charge in [0.25, 0.3) is 0 Å². The molecule has 0 aliphatic carbocycles. The van der Waals surface area contributed by atoms with Gasteiger partial charge in [0.2, 0.25) is 9.84 Å². The number of sulfone groups is 1. The zero-order valence-electron chi connectivity index (χ0n) is 11.7. The third-order valence-corrected chi connectivity index (χ3v) is 5.80. The van der Waals surface area contributed by atoms with Gasteiger partial charge in [-0.05, 0) is 48.7 Å². The number of aryl methyl sites for hydroxylation is 2. The van der Waals surface area contributed by atoms with Gasteiger partial charge in [-0.2, -0.15) is 0 Å². The highest BCUT2D eigenvalue weighted by molar-refractivity contribution is 7.91. The van der Waals surface area contributed by atoms with E-state index < -0.39 is 9.84 Å². The first-order valence-electron chi connectivity index (χ1n) is 6.45. The van der Waals surface area contributed by atoms with Crippen LogP contribution in [0.1, 0.15) is 22.3 Å². The summed E-state index contributed by atoms with van der Waals surface area (Å²) in [4.78, 5) is 0.874. The molecule has 0 aromatic heterocycles. The van der Waals surface area contributed by atoms with E-state index in [1.807, 2.05) is 32.0 Å². The van der Waals surface area contributed by atoms with Crippen molar-refractivity contribution < 1.29 is 13.2 Å². The lowest BCUT2D eigenvalue weighted by Gasteiger charge is -2.22. The molecule has 2 aromatic rings. The molecule has 2 aromatic carbocycles. The van der Waals surface area contributed by atoms with E-state index >= 15 is 0 Å². The van der Waals surface area contributed by atoms with E-state index in [4.69, 9.17) is 4.74 Å². The Balaban J connectivity index is 2.31. The Labute approximate surface area is 119 Å². The second-order valence-corrected chi connectivity index (χ2v) is 7.08. The van der Waals surface area contributed by atoms with Gasteiger partial charge >= 0.3 is 0 Å². The van der Waals surface area contributed by atoms with Crippen LogP contribution in [-0.4, -0.2) is 15.5 Å². The van der Waals surface area contributed by atoms with Gasteiger partial charge in [0.1, 0.15) is 5.75 Å². The Morgan fingerprint density at radius 1 is 1.05 bits per heavy atom. The number of hydrogen-bond donors (Lipinski definition) is 0. The van der Waals surface area contributed by atoms with E-state index in [1.54, 1.807) is 19.2 Å². The molecule has 3 nitrogen and oxygen atoms in total. The second kappa shape index (κ2) is 4.35. The zero-order valence-corrected chi connectivity index (χ0v) is 12.5. The Hall–Kier alpha value is -1.81. The number of ether oxygens (including phenoxy) is 1. The van der Waals surface area contributed by atoms with Crippen molar-refractivity contribution in [2.24, 2.45) is 0 Å². The van der Waals surface area contributed by atoms with E-state index in [-0.39, 0.29) is 0 Å². The van der Waals surface area contributed by atoms with Crippen LogP contribution in [0.4, 0.5) is 0 Å². The Morgan fingerprint density at radius 2 is 1.80 bits per heavy atom. The molecule has 0 N–H and O–H groups in total. The maximum atomic E-state index is 12.8. The first-order chi connectivity index (χ1) is 9.43. The van der Waals surface area contributed by atoms with E-state index in [9.17, 15) is 8.42 Å². The lowest BCUT2D eigenvalue weighted by Crippen LogP contribution is -2.16. The molecule has 0 radical (unpaired) electrons. The monoisotopic (exact) mass is 288 g/mol. The van der Waals surface area contributed by atoms with Gasteiger partial charge in [-0.15, -0.1) is 0 Å². The fourth-order valence-corrected chi connectivity index (χ4v) is 4.86. The number of methoxy groups -OCH3 is 1. The Morgan fingerprint density at radius 3 is 2.50 bits per heavy atom. The van der Waals surface area contributed by atoms with Crippen LogP contribution >= 0.6 is 0 Å². The summed E-state index contributed by atoms with van der Waals surface area (Å²) in [5.74, 6) is 0.687. The van der Waals surface area contributed by atoms with Gasteiger partial charge < -0.3 is 4.74 Å². The largest absolute Gasteiger partial charge is 0.497 e. The number of fused-ring (bicyclic) bond motifs is 2. The van der Waals surface area contributed by atoms with Crippen LogP contribution in [0.3, 0.4) is 0 Å². The molecule has 0 saturated carbocycles. The van der Waals surface area contributed by atoms with E-state index in [0.29, 0.717) is 22.0 Å². The van der Waals surface area contributed by atoms with Gasteiger partial charge in [0.05, 0.1) is 16.9 Å². The topological polar surface area (TPSA) is 43.4 Å². The van der Waals surface area contributed by atoms with Gasteiger partial charge in [0, 0.05) is 6.42 Å². The summed E-state index contributed by atoms with van der Waals surface area (Å²) >= 11 is 0. The molecule has 1 heterocycles. The SMILES string of the molecule is COc1ccc2c(c1)Cc1cc(C)cc(C)c1S2(=O)=O. The lowest BCUT2D eigenvalue weighted by molar-refractivity contribution is 0.414. The van der Waals surface area contributed by atoms with Gasteiger partial charge in [-0.25, -0.2) is 8.42 Å². The van der Waals surface area contributed by atoms with Crippen molar-refractivity contribution >= 4 is 9.84 Å². The molecular formula is C16H16O3S. The highest BCUT2D eigenvalue weighted by atomic mass is 32.2. The third-order valence-electron chi connectivity index (χ3n) is 3.70. The highest BCUT2D eigenvalue weighted by Gasteiger charge is 2.31. The average molecular weight is 288 g/mol. The van der Waals surface area contributed by atoms with Crippen LogP contribution in [0.2, 0.25) is 0 Å². The van der Waals surface area contributed by atoms with Gasteiger partial charge in [-0.1, -0.05) is 17.7 Å². The van der Waals surface area contributed by atoms with Crippen molar-refractivity contribution in [1.29, 1.82) is 0 Å². The number of rotatable bonds is 1. The average Bonchev–Trinajstić information content (AvgIpc) is 2.36. The summed E-state index contributed by atoms with van der Waals surface area (Å²) in [6, 6.07) is 9.04. The molecule has 0 bridgehead atoms. The highest BCUT2D eigenvalue weighted by Crippen LogP contribution is 2.38. The first kappa shape index (κ1) is 13.2. The summed E-state index contributed by atoms with van der Waals surface area (Å²) in [7, 11) is -1.84. The fourth-order valence-electron chi connectivity index (χ4n) is 2.96. The summed E-state index contributed by atoms with van der Waals surface area (Å²) in [5.41, 5.74) is 3.59. The summed E-state index contributed by atoms with van der Waals surface area (Å²) in [6.07, 6.45) is 0.629. The predicted molar refractivity (Wildman–Crippen MR) is 77.2 cm³/mol. The summed E-state index contributed by atoms with van der Waals surface area (Å²) < 4.78 is 30.8. The van der Waals surface area contributed by atoms with E-state index in [0.717, 1.165) is 22.3 Å². The molecule has 1 aliphatic rings. The predicted octanol–water partition coefficient (Wildman–Crippen LogP) is 3.05. The molecule has 0 saturated heterocycles. The van der Waals surface area contributed by atoms with Crippen molar-refractivity contribution in [2.45, 2.75) is 30.1 Å². The maximum absolute atomic E-state index is 12.8. The Bertz CT molecular complexity index is 805. The number of hydrogen-bond acceptors (Lipinski definition) is 3. The smallest absolute Gasteiger partial charge is 0.207 e. The normalized spacial score (nSPS) is 15.3. The van der Waals surface area contributed by atoms with Crippen LogP contribution < -0.4 is 4.74 Å². The van der Waals surface area contributed by atoms with Crippen molar-refractivity contribution in [3.05, 3.63) is 52.6 Å². The van der Waals surface area contributed by atoms with Crippen molar-refractivity contribution in [1.82, 2.24) is 0 Å². The first-order valence-corrected chi connectivity index (χ1v) is 7.94. The molecule has 20 heavy (non-hydrogen) atoms. The summed E-state index contributed by atoms with van der Waals surface area (Å²) in [6.45, 7) is 3.85. The molecule has 0 amide bonds. The maximum Gasteiger partial charge on any atom is 0.207 e. The minimum atomic E-state index is -3.43. The summed E-state index contributed by atoms with van der Waals surface area (Å²) in [5, 5.41) is 0. The Kier molecular flexibility index (Phi) is 2.87. The minimum Gasteiger partial charge on any atom is -0.497 e. The lowest BCUT2D eigenvalue weighted by atomic mass is 9.99. The molecule has 1 aliphatic heterocycles. The van der Waals surface area contributed by atoms with Gasteiger partial charge in [0.15, 0.2) is 0 Å². The van der Waals surface area contributed by atoms with Gasteiger partial charge in [-0.3, -0.25) is 0 Å². The second-order valence-electron chi connectivity index (χ2n) is 5.22. The van der Waals surface area contributed by atoms with E-state index in [1.165, 1.54) is 0 Å². The van der Waals surface area contributed by atoms with Crippen molar-refractivity contribution in [3.8, 4) is 5.75 Å². The number of benzene rings is 2.